The molecule has 0 aromatic heterocycles. The predicted molar refractivity (Wildman–Crippen MR) is 304 cm³/mol. The Labute approximate surface area is 483 Å². The van der Waals surface area contributed by atoms with Gasteiger partial charge in [-0.1, -0.05) is 89.6 Å². The van der Waals surface area contributed by atoms with Crippen LogP contribution in [0.3, 0.4) is 0 Å². The molecule has 454 valence electrons. The number of cyclic esters (lactones) is 1. The number of hydrogen-bond donors (Lipinski definition) is 4. The van der Waals surface area contributed by atoms with Gasteiger partial charge in [-0.25, -0.2) is 9.59 Å². The lowest BCUT2D eigenvalue weighted by Gasteiger charge is -2.38. The summed E-state index contributed by atoms with van der Waals surface area (Å²) in [6.45, 7) is 17.2. The maximum Gasteiger partial charge on any atom is 0.410 e. The first-order valence-electron chi connectivity index (χ1n) is 29.1. The Morgan fingerprint density at radius 2 is 1.56 bits per heavy atom. The van der Waals surface area contributed by atoms with E-state index >= 15 is 0 Å². The molecule has 4 heterocycles. The largest absolute Gasteiger partial charge is 0.457 e. The minimum Gasteiger partial charge on any atom is -0.457 e. The molecule has 0 saturated carbocycles. The fraction of sp³-hybridized carbons (Fsp3) is 0.645. The third-order valence-electron chi connectivity index (χ3n) is 16.3. The molecule has 5 rings (SSSR count). The van der Waals surface area contributed by atoms with Crippen LogP contribution in [0.5, 0.6) is 0 Å². The molecule has 0 spiro atoms. The number of unbranched alkanes of at least 4 members (excludes halogenated alkanes) is 2. The number of aliphatic hydroxyl groups excluding tert-OH is 2. The quantitative estimate of drug-likeness (QED) is 0.0144. The van der Waals surface area contributed by atoms with E-state index in [1.165, 1.54) is 34.0 Å². The molecule has 0 aliphatic carbocycles. The second kappa shape index (κ2) is 31.0. The van der Waals surface area contributed by atoms with Gasteiger partial charge in [0.25, 0.3) is 11.8 Å². The van der Waals surface area contributed by atoms with E-state index in [1.807, 2.05) is 34.6 Å². The van der Waals surface area contributed by atoms with Gasteiger partial charge in [0.1, 0.15) is 24.1 Å². The standard InChI is InChI=1S/C62H90N4O16/c1-11-49(69)42(6)57-51(80-57)37-61(8,77)27-15-16-40(4)56-41(5)18-23-52(62(9,78-10)28-26-47(68)36-55(73)82-56)81-60(76)65-32-30-64(31-33-65)59(75)79-38-45-21-19-44(20-22-45)34-50(70)43(7)63-58(74)48(39(2)3)35-46(67)17-13-12-14-29-66-53(71)24-25-54(66)72/h15-16,18-25,27,39,41-43,47-49,51-52,56-57,68-69,77H,11-14,17,26,28-38H2,1-10H3,(H,63,74)/b23-18+,27-15+,40-16+/t41-,42+,43-,47+,48-,49-,51+,52-,56+,57+,61-,62+/m0/s1. The Morgan fingerprint density at radius 3 is 2.18 bits per heavy atom. The van der Waals surface area contributed by atoms with Crippen molar-refractivity contribution < 1.29 is 77.4 Å². The molecule has 4 aliphatic heterocycles. The van der Waals surface area contributed by atoms with Crippen LogP contribution in [0.4, 0.5) is 9.59 Å². The Morgan fingerprint density at radius 1 is 0.927 bits per heavy atom. The molecule has 0 radical (unpaired) electrons. The number of rotatable bonds is 26. The van der Waals surface area contributed by atoms with Crippen molar-refractivity contribution in [3.8, 4) is 0 Å². The molecule has 20 heteroatoms. The van der Waals surface area contributed by atoms with Crippen molar-refractivity contribution in [2.75, 3.05) is 39.8 Å². The lowest BCUT2D eigenvalue weighted by Crippen LogP contribution is -2.53. The number of amides is 5. The number of ether oxygens (including phenoxy) is 5. The third-order valence-corrected chi connectivity index (χ3v) is 16.3. The zero-order valence-corrected chi connectivity index (χ0v) is 49.7. The van der Waals surface area contributed by atoms with E-state index in [-0.39, 0.29) is 125 Å². The van der Waals surface area contributed by atoms with Crippen molar-refractivity contribution in [1.82, 2.24) is 20.0 Å². The van der Waals surface area contributed by atoms with E-state index in [2.05, 4.69) is 5.32 Å². The Hall–Kier alpha value is -6.06. The number of methoxy groups -OCH3 is 1. The van der Waals surface area contributed by atoms with Crippen LogP contribution >= 0.6 is 0 Å². The molecule has 1 aromatic carbocycles. The average Bonchev–Trinajstić information content (AvgIpc) is 4.34. The zero-order valence-electron chi connectivity index (χ0n) is 49.7. The van der Waals surface area contributed by atoms with Gasteiger partial charge in [-0.3, -0.25) is 33.7 Å². The fourth-order valence-electron chi connectivity index (χ4n) is 10.4. The van der Waals surface area contributed by atoms with Crippen LogP contribution < -0.4 is 5.32 Å². The highest BCUT2D eigenvalue weighted by Gasteiger charge is 2.47. The van der Waals surface area contributed by atoms with Crippen molar-refractivity contribution in [1.29, 1.82) is 0 Å². The van der Waals surface area contributed by atoms with Gasteiger partial charge >= 0.3 is 18.2 Å². The van der Waals surface area contributed by atoms with Gasteiger partial charge in [0.2, 0.25) is 5.91 Å². The number of allylic oxidation sites excluding steroid dienone is 2. The molecular formula is C62H90N4O16. The van der Waals surface area contributed by atoms with Gasteiger partial charge < -0.3 is 54.1 Å². The Bertz CT molecular complexity index is 2480. The maximum absolute atomic E-state index is 13.8. The topological polar surface area (TPSA) is 268 Å². The summed E-state index contributed by atoms with van der Waals surface area (Å²) in [5, 5.41) is 35.2. The van der Waals surface area contributed by atoms with Gasteiger partial charge in [0.15, 0.2) is 11.9 Å². The summed E-state index contributed by atoms with van der Waals surface area (Å²) in [6.07, 6.45) is 9.58. The van der Waals surface area contributed by atoms with Crippen LogP contribution in [0, 0.1) is 23.7 Å². The van der Waals surface area contributed by atoms with E-state index in [0.717, 1.165) is 0 Å². The smallest absolute Gasteiger partial charge is 0.410 e. The molecule has 5 amide bonds. The van der Waals surface area contributed by atoms with Crippen LogP contribution in [0.25, 0.3) is 0 Å². The van der Waals surface area contributed by atoms with E-state index in [9.17, 15) is 53.7 Å². The number of carbonyl (C=O) groups excluding carboxylic acids is 8. The number of piperazine rings is 1. The van der Waals surface area contributed by atoms with Crippen LogP contribution in [0.15, 0.2) is 72.4 Å². The number of imide groups is 1. The first-order chi connectivity index (χ1) is 38.7. The Kier molecular flexibility index (Phi) is 25.2. The molecule has 2 fully saturated rings. The van der Waals surface area contributed by atoms with E-state index in [1.54, 1.807) is 82.3 Å². The summed E-state index contributed by atoms with van der Waals surface area (Å²) >= 11 is 0. The first kappa shape index (κ1) is 66.7. The highest BCUT2D eigenvalue weighted by molar-refractivity contribution is 6.12. The first-order valence-corrected chi connectivity index (χ1v) is 29.1. The summed E-state index contributed by atoms with van der Waals surface area (Å²) in [4.78, 5) is 107. The monoisotopic (exact) mass is 1150 g/mol. The van der Waals surface area contributed by atoms with Crippen molar-refractivity contribution in [3.63, 3.8) is 0 Å². The summed E-state index contributed by atoms with van der Waals surface area (Å²) < 4.78 is 29.5. The number of benzene rings is 1. The highest BCUT2D eigenvalue weighted by Crippen LogP contribution is 2.38. The SMILES string of the molecule is CC[C@H](O)[C@@H](C)[C@H]1O[C@@H]1C[C@@](C)(O)/C=C/C=C(\C)[C@H]1OC(=O)C[C@H](O)CC[C@@](C)(OC)[C@@H](OC(=O)N2CCN(C(=O)OCc3ccc(CC(=O)[C@H](C)NC(=O)[C@@H](CC(=O)CCCCCN4C(=O)C=CC4=O)C(C)C)cc3)CC2)/C=C/[C@@H]1C. The number of epoxide rings is 1. The van der Waals surface area contributed by atoms with Crippen LogP contribution in [-0.4, -0.2) is 171 Å². The van der Waals surface area contributed by atoms with E-state index < -0.39 is 71.7 Å². The molecular weight excluding hydrogens is 1060 g/mol. The Balaban J connectivity index is 1.07. The van der Waals surface area contributed by atoms with Crippen molar-refractivity contribution in [3.05, 3.63) is 83.5 Å². The second-order valence-corrected chi connectivity index (χ2v) is 23.5. The van der Waals surface area contributed by atoms with Crippen LogP contribution in [0.2, 0.25) is 0 Å². The maximum atomic E-state index is 13.8. The highest BCUT2D eigenvalue weighted by atomic mass is 16.6. The fourth-order valence-corrected chi connectivity index (χ4v) is 10.4. The molecule has 4 N–H and O–H groups in total. The number of hydrogen-bond acceptors (Lipinski definition) is 16. The second-order valence-electron chi connectivity index (χ2n) is 23.5. The van der Waals surface area contributed by atoms with Crippen LogP contribution in [-0.2, 0) is 65.5 Å². The van der Waals surface area contributed by atoms with E-state index in [4.69, 9.17) is 23.7 Å². The number of aliphatic hydroxyl groups is 3. The van der Waals surface area contributed by atoms with Gasteiger partial charge in [-0.05, 0) is 88.5 Å². The number of ketones is 2. The summed E-state index contributed by atoms with van der Waals surface area (Å²) in [6, 6.07) is 6.21. The molecule has 0 unspecified atom stereocenters. The lowest BCUT2D eigenvalue weighted by atomic mass is 9.88. The normalized spacial score (nSPS) is 26.2. The van der Waals surface area contributed by atoms with E-state index in [0.29, 0.717) is 55.3 Å². The molecule has 1 aromatic rings. The predicted octanol–water partition coefficient (Wildman–Crippen LogP) is 6.65. The summed E-state index contributed by atoms with van der Waals surface area (Å²) in [7, 11) is 1.49. The minimum absolute atomic E-state index is 0.0391. The van der Waals surface area contributed by atoms with Crippen molar-refractivity contribution in [2.45, 2.75) is 193 Å². The summed E-state index contributed by atoms with van der Waals surface area (Å²) in [5.41, 5.74) is -0.271. The minimum atomic E-state index is -1.21. The number of nitrogens with one attached hydrogen (secondary N) is 1. The third kappa shape index (κ3) is 20.1. The van der Waals surface area contributed by atoms with Gasteiger partial charge in [0.05, 0.1) is 42.5 Å². The number of carbonyl (C=O) groups is 8. The molecule has 0 bridgehead atoms. The number of esters is 1. The van der Waals surface area contributed by atoms with Gasteiger partial charge in [-0.2, -0.15) is 0 Å². The molecule has 12 atom stereocenters. The van der Waals surface area contributed by atoms with Crippen molar-refractivity contribution >= 4 is 47.4 Å². The van der Waals surface area contributed by atoms with Gasteiger partial charge in [0, 0.05) is 95.4 Å². The average molecular weight is 1150 g/mol. The molecule has 82 heavy (non-hydrogen) atoms. The molecule has 20 nitrogen and oxygen atoms in total. The van der Waals surface area contributed by atoms with Crippen LogP contribution in [0.1, 0.15) is 138 Å². The number of Topliss-reactive ketones (excluding diaryl/α,β-unsaturated/α-hetero) is 2. The van der Waals surface area contributed by atoms with Gasteiger partial charge in [-0.15, -0.1) is 0 Å². The lowest BCUT2D eigenvalue weighted by molar-refractivity contribution is -0.151. The van der Waals surface area contributed by atoms with Crippen molar-refractivity contribution in [2.24, 2.45) is 23.7 Å². The summed E-state index contributed by atoms with van der Waals surface area (Å²) in [5.74, 6) is -3.15. The molecule has 2 saturated heterocycles. The molecule has 4 aliphatic rings. The zero-order chi connectivity index (χ0) is 60.5. The number of nitrogens with zero attached hydrogens (tertiary/aromatic N) is 3.